The molecule has 6 heteroatoms. The van der Waals surface area contributed by atoms with E-state index >= 15 is 0 Å². The van der Waals surface area contributed by atoms with Crippen molar-refractivity contribution in [3.8, 4) is 0 Å². The minimum absolute atomic E-state index is 0.821. The van der Waals surface area contributed by atoms with Gasteiger partial charge in [0.2, 0.25) is 0 Å². The molecule has 3 N–H and O–H groups in total. The summed E-state index contributed by atoms with van der Waals surface area (Å²) >= 11 is 0. The Morgan fingerprint density at radius 3 is 2.65 bits per heavy atom. The van der Waals surface area contributed by atoms with E-state index in [9.17, 15) is 9.59 Å². The number of hydrazone groups is 1. The Balaban J connectivity index is 2.02. The molecule has 0 saturated carbocycles. The van der Waals surface area contributed by atoms with E-state index in [1.165, 1.54) is 17.1 Å². The molecule has 3 aromatic rings. The third-order valence-electron chi connectivity index (χ3n) is 3.72. The van der Waals surface area contributed by atoms with Gasteiger partial charge in [0, 0.05) is 28.4 Å². The number of nitrogens with two attached hydrogens (primary N) is 1. The van der Waals surface area contributed by atoms with Crippen LogP contribution < -0.4 is 11.2 Å². The molecule has 0 atom stereocenters. The van der Waals surface area contributed by atoms with Gasteiger partial charge in [0.25, 0.3) is 0 Å². The van der Waals surface area contributed by atoms with Crippen LogP contribution in [-0.2, 0) is 16.1 Å². The van der Waals surface area contributed by atoms with Crippen molar-refractivity contribution in [1.29, 1.82) is 0 Å². The number of hydrogen-bond donors (Lipinski definition) is 2. The lowest BCUT2D eigenvalue weighted by atomic mass is 10.1. The number of aryl methyl sites for hydroxylation is 1. The molecule has 0 saturated heterocycles. The number of carbonyl (C=O) groups is 2. The standard InChI is InChI=1S/C17H16N4O2/c1-2-21-14-6-4-3-5-12(14)13-9-11(7-8-15(13)21)10-19-20-17(23)16(18)22/h3-10H,2H2,1H3,(H2,18,22)(H,20,23). The van der Waals surface area contributed by atoms with E-state index in [4.69, 9.17) is 5.73 Å². The maximum atomic E-state index is 11.1. The molecule has 0 radical (unpaired) electrons. The van der Waals surface area contributed by atoms with E-state index in [1.54, 1.807) is 0 Å². The fourth-order valence-corrected chi connectivity index (χ4v) is 2.71. The van der Waals surface area contributed by atoms with Gasteiger partial charge in [0.1, 0.15) is 0 Å². The van der Waals surface area contributed by atoms with Crippen molar-refractivity contribution in [2.75, 3.05) is 0 Å². The van der Waals surface area contributed by atoms with Crippen LogP contribution in [-0.4, -0.2) is 22.6 Å². The van der Waals surface area contributed by atoms with Crippen molar-refractivity contribution < 1.29 is 9.59 Å². The molecule has 0 unspecified atom stereocenters. The molecule has 23 heavy (non-hydrogen) atoms. The van der Waals surface area contributed by atoms with Gasteiger partial charge in [-0.1, -0.05) is 24.3 Å². The first-order chi connectivity index (χ1) is 11.1. The van der Waals surface area contributed by atoms with Crippen molar-refractivity contribution in [3.05, 3.63) is 48.0 Å². The topological polar surface area (TPSA) is 89.5 Å². The fourth-order valence-electron chi connectivity index (χ4n) is 2.71. The molecule has 116 valence electrons. The Morgan fingerprint density at radius 1 is 1.17 bits per heavy atom. The first-order valence-electron chi connectivity index (χ1n) is 7.25. The highest BCUT2D eigenvalue weighted by atomic mass is 16.2. The summed E-state index contributed by atoms with van der Waals surface area (Å²) in [5, 5.41) is 6.03. The van der Waals surface area contributed by atoms with Crippen molar-refractivity contribution in [3.63, 3.8) is 0 Å². The van der Waals surface area contributed by atoms with Gasteiger partial charge < -0.3 is 10.3 Å². The molecular formula is C17H16N4O2. The minimum atomic E-state index is -1.07. The summed E-state index contributed by atoms with van der Waals surface area (Å²) < 4.78 is 2.25. The maximum Gasteiger partial charge on any atom is 0.329 e. The molecule has 0 fully saturated rings. The smallest absolute Gasteiger partial charge is 0.329 e. The average Bonchev–Trinajstić information content (AvgIpc) is 2.88. The van der Waals surface area contributed by atoms with Crippen molar-refractivity contribution >= 4 is 39.8 Å². The Kier molecular flexibility index (Phi) is 3.80. The highest BCUT2D eigenvalue weighted by molar-refractivity contribution is 6.34. The van der Waals surface area contributed by atoms with E-state index in [1.807, 2.05) is 30.3 Å². The van der Waals surface area contributed by atoms with E-state index in [0.29, 0.717) is 0 Å². The zero-order chi connectivity index (χ0) is 16.4. The number of carbonyl (C=O) groups excluding carboxylic acids is 2. The van der Waals surface area contributed by atoms with Gasteiger partial charge in [-0.05, 0) is 30.7 Å². The first-order valence-corrected chi connectivity index (χ1v) is 7.25. The van der Waals surface area contributed by atoms with Crippen LogP contribution in [0.15, 0.2) is 47.6 Å². The number of primary amides is 1. The fraction of sp³-hybridized carbons (Fsp3) is 0.118. The summed E-state index contributed by atoms with van der Waals surface area (Å²) in [6, 6.07) is 14.1. The molecule has 0 spiro atoms. The Hall–Kier alpha value is -3.15. The monoisotopic (exact) mass is 308 g/mol. The number of rotatable bonds is 3. The molecule has 1 aromatic heterocycles. The first kappa shape index (κ1) is 14.8. The predicted molar refractivity (Wildman–Crippen MR) is 90.0 cm³/mol. The predicted octanol–water partition coefficient (Wildman–Crippen LogP) is 1.75. The Morgan fingerprint density at radius 2 is 1.91 bits per heavy atom. The molecular weight excluding hydrogens is 292 g/mol. The van der Waals surface area contributed by atoms with E-state index in [-0.39, 0.29) is 0 Å². The van der Waals surface area contributed by atoms with Gasteiger partial charge in [0.05, 0.1) is 6.21 Å². The number of hydrogen-bond acceptors (Lipinski definition) is 3. The lowest BCUT2D eigenvalue weighted by Crippen LogP contribution is -2.32. The third-order valence-corrected chi connectivity index (χ3v) is 3.72. The second kappa shape index (κ2) is 5.92. The number of nitrogens with zero attached hydrogens (tertiary/aromatic N) is 2. The van der Waals surface area contributed by atoms with Crippen LogP contribution in [0.2, 0.25) is 0 Å². The van der Waals surface area contributed by atoms with Gasteiger partial charge in [-0.15, -0.1) is 0 Å². The van der Waals surface area contributed by atoms with E-state index < -0.39 is 11.8 Å². The van der Waals surface area contributed by atoms with E-state index in [2.05, 4.69) is 34.2 Å². The highest BCUT2D eigenvalue weighted by Gasteiger charge is 2.09. The average molecular weight is 308 g/mol. The van der Waals surface area contributed by atoms with Crippen LogP contribution in [0.5, 0.6) is 0 Å². The third kappa shape index (κ3) is 2.66. The summed E-state index contributed by atoms with van der Waals surface area (Å²) in [7, 11) is 0. The maximum absolute atomic E-state index is 11.1. The number of para-hydroxylation sites is 1. The number of aromatic nitrogens is 1. The van der Waals surface area contributed by atoms with Crippen LogP contribution >= 0.6 is 0 Å². The number of benzene rings is 2. The molecule has 0 bridgehead atoms. The van der Waals surface area contributed by atoms with Gasteiger partial charge in [-0.2, -0.15) is 5.10 Å². The molecule has 2 aromatic carbocycles. The summed E-state index contributed by atoms with van der Waals surface area (Å²) in [4.78, 5) is 21.7. The summed E-state index contributed by atoms with van der Waals surface area (Å²) in [6.45, 7) is 2.99. The van der Waals surface area contributed by atoms with Crippen LogP contribution in [0.1, 0.15) is 12.5 Å². The molecule has 0 aliphatic rings. The van der Waals surface area contributed by atoms with Gasteiger partial charge in [0.15, 0.2) is 0 Å². The van der Waals surface area contributed by atoms with Crippen LogP contribution in [0.4, 0.5) is 0 Å². The van der Waals surface area contributed by atoms with Crippen LogP contribution in [0.3, 0.4) is 0 Å². The zero-order valence-electron chi connectivity index (χ0n) is 12.6. The van der Waals surface area contributed by atoms with Crippen LogP contribution in [0, 0.1) is 0 Å². The summed E-state index contributed by atoms with van der Waals surface area (Å²) in [6.07, 6.45) is 1.48. The summed E-state index contributed by atoms with van der Waals surface area (Å²) in [5.74, 6) is -2.01. The van der Waals surface area contributed by atoms with Gasteiger partial charge >= 0.3 is 11.8 Å². The van der Waals surface area contributed by atoms with Crippen molar-refractivity contribution in [2.45, 2.75) is 13.5 Å². The zero-order valence-corrected chi connectivity index (χ0v) is 12.6. The van der Waals surface area contributed by atoms with Gasteiger partial charge in [-0.3, -0.25) is 9.59 Å². The minimum Gasteiger partial charge on any atom is -0.361 e. The highest BCUT2D eigenvalue weighted by Crippen LogP contribution is 2.29. The largest absolute Gasteiger partial charge is 0.361 e. The second-order valence-electron chi connectivity index (χ2n) is 5.10. The molecule has 0 aliphatic heterocycles. The van der Waals surface area contributed by atoms with Crippen LogP contribution in [0.25, 0.3) is 21.8 Å². The van der Waals surface area contributed by atoms with Gasteiger partial charge in [-0.25, -0.2) is 5.43 Å². The van der Waals surface area contributed by atoms with E-state index in [0.717, 1.165) is 23.0 Å². The molecule has 6 nitrogen and oxygen atoms in total. The second-order valence-corrected chi connectivity index (χ2v) is 5.10. The molecule has 2 amide bonds. The summed E-state index contributed by atoms with van der Waals surface area (Å²) in [5.41, 5.74) is 10.1. The lowest BCUT2D eigenvalue weighted by molar-refractivity contribution is -0.137. The Bertz CT molecular complexity index is 940. The molecule has 0 aliphatic carbocycles. The normalized spacial score (nSPS) is 11.3. The SMILES string of the molecule is CCn1c2ccccc2c2cc(C=NNC(=O)C(N)=O)ccc21. The number of amides is 2. The van der Waals surface area contributed by atoms with Crippen molar-refractivity contribution in [2.24, 2.45) is 10.8 Å². The molecule has 3 rings (SSSR count). The number of nitrogens with one attached hydrogen (secondary N) is 1. The van der Waals surface area contributed by atoms with Crippen molar-refractivity contribution in [1.82, 2.24) is 9.99 Å². The Labute approximate surface area is 132 Å². The number of fused-ring (bicyclic) bond motifs is 3. The molecule has 1 heterocycles. The quantitative estimate of drug-likeness (QED) is 0.438. The lowest BCUT2D eigenvalue weighted by Gasteiger charge is -2.02.